The first-order valence-corrected chi connectivity index (χ1v) is 7.71. The Morgan fingerprint density at radius 2 is 2.17 bits per heavy atom. The van der Waals surface area contributed by atoms with Crippen LogP contribution in [-0.4, -0.2) is 25.5 Å². The largest absolute Gasteiger partial charge is 0.381 e. The van der Waals surface area contributed by atoms with Crippen molar-refractivity contribution < 1.29 is 4.74 Å². The van der Waals surface area contributed by atoms with E-state index in [1.165, 1.54) is 10.5 Å². The number of hydrogen-bond acceptors (Lipinski definition) is 3. The summed E-state index contributed by atoms with van der Waals surface area (Å²) in [5, 5.41) is 3.47. The van der Waals surface area contributed by atoms with Crippen LogP contribution in [0.1, 0.15) is 26.3 Å². The van der Waals surface area contributed by atoms with Gasteiger partial charge in [-0.15, -0.1) is 11.8 Å². The minimum atomic E-state index is 0.703. The van der Waals surface area contributed by atoms with Crippen molar-refractivity contribution in [2.75, 3.05) is 25.5 Å². The summed E-state index contributed by atoms with van der Waals surface area (Å²) in [4.78, 5) is 1.33. The summed E-state index contributed by atoms with van der Waals surface area (Å²) in [5.41, 5.74) is 1.36. The third kappa shape index (κ3) is 7.04. The SMILES string of the molecule is CCOCCSc1cccc(CNCC(C)C)c1. The molecule has 0 aliphatic heterocycles. The van der Waals surface area contributed by atoms with E-state index in [4.69, 9.17) is 4.74 Å². The zero-order valence-electron chi connectivity index (χ0n) is 11.7. The molecule has 0 aliphatic carbocycles. The molecule has 1 aromatic rings. The molecule has 102 valence electrons. The van der Waals surface area contributed by atoms with Gasteiger partial charge in [-0.1, -0.05) is 26.0 Å². The molecule has 0 heterocycles. The molecular formula is C15H25NOS. The lowest BCUT2D eigenvalue weighted by Gasteiger charge is -2.09. The summed E-state index contributed by atoms with van der Waals surface area (Å²) in [6, 6.07) is 8.75. The van der Waals surface area contributed by atoms with Crippen molar-refractivity contribution in [1.82, 2.24) is 5.32 Å². The van der Waals surface area contributed by atoms with Gasteiger partial charge in [-0.2, -0.15) is 0 Å². The van der Waals surface area contributed by atoms with Crippen molar-refractivity contribution in [3.8, 4) is 0 Å². The molecule has 1 aromatic carbocycles. The highest BCUT2D eigenvalue weighted by molar-refractivity contribution is 7.99. The first kappa shape index (κ1) is 15.5. The molecule has 0 radical (unpaired) electrons. The van der Waals surface area contributed by atoms with E-state index in [1.54, 1.807) is 0 Å². The number of rotatable bonds is 9. The van der Waals surface area contributed by atoms with Crippen LogP contribution in [0, 0.1) is 5.92 Å². The van der Waals surface area contributed by atoms with Gasteiger partial charge in [0.2, 0.25) is 0 Å². The Balaban J connectivity index is 2.32. The van der Waals surface area contributed by atoms with Crippen LogP contribution >= 0.6 is 11.8 Å². The third-order valence-electron chi connectivity index (χ3n) is 2.48. The van der Waals surface area contributed by atoms with Crippen LogP contribution in [0.25, 0.3) is 0 Å². The Kier molecular flexibility index (Phi) is 8.14. The van der Waals surface area contributed by atoms with Crippen LogP contribution in [0.15, 0.2) is 29.2 Å². The normalized spacial score (nSPS) is 11.1. The van der Waals surface area contributed by atoms with E-state index < -0.39 is 0 Å². The maximum absolute atomic E-state index is 5.34. The summed E-state index contributed by atoms with van der Waals surface area (Å²) >= 11 is 1.86. The van der Waals surface area contributed by atoms with Crippen LogP contribution < -0.4 is 5.32 Å². The van der Waals surface area contributed by atoms with Crippen molar-refractivity contribution in [3.63, 3.8) is 0 Å². The summed E-state index contributed by atoms with van der Waals surface area (Å²) < 4.78 is 5.34. The molecule has 0 saturated carbocycles. The molecule has 2 nitrogen and oxygen atoms in total. The summed E-state index contributed by atoms with van der Waals surface area (Å²) in [7, 11) is 0. The molecule has 0 unspecified atom stereocenters. The van der Waals surface area contributed by atoms with Gasteiger partial charge >= 0.3 is 0 Å². The molecule has 0 spiro atoms. The summed E-state index contributed by atoms with van der Waals surface area (Å²) in [6.07, 6.45) is 0. The minimum Gasteiger partial charge on any atom is -0.381 e. The van der Waals surface area contributed by atoms with E-state index in [0.717, 1.165) is 32.1 Å². The number of ether oxygens (including phenoxy) is 1. The van der Waals surface area contributed by atoms with Gasteiger partial charge in [-0.05, 0) is 37.1 Å². The Labute approximate surface area is 116 Å². The molecule has 0 atom stereocenters. The lowest BCUT2D eigenvalue weighted by Crippen LogP contribution is -2.18. The Bertz CT molecular complexity index is 328. The molecule has 0 saturated heterocycles. The lowest BCUT2D eigenvalue weighted by atomic mass is 10.2. The number of benzene rings is 1. The van der Waals surface area contributed by atoms with Gasteiger partial charge in [0.15, 0.2) is 0 Å². The van der Waals surface area contributed by atoms with Crippen LogP contribution in [-0.2, 0) is 11.3 Å². The maximum Gasteiger partial charge on any atom is 0.0560 e. The monoisotopic (exact) mass is 267 g/mol. The standard InChI is InChI=1S/C15H25NOS/c1-4-17-8-9-18-15-7-5-6-14(10-15)12-16-11-13(2)3/h5-7,10,13,16H,4,8-9,11-12H2,1-3H3. The Hall–Kier alpha value is -0.510. The fraction of sp³-hybridized carbons (Fsp3) is 0.600. The van der Waals surface area contributed by atoms with Crippen molar-refractivity contribution in [1.29, 1.82) is 0 Å². The van der Waals surface area contributed by atoms with Gasteiger partial charge in [0.05, 0.1) is 6.61 Å². The zero-order valence-corrected chi connectivity index (χ0v) is 12.6. The first-order valence-electron chi connectivity index (χ1n) is 6.72. The van der Waals surface area contributed by atoms with E-state index in [2.05, 4.69) is 43.4 Å². The molecule has 3 heteroatoms. The topological polar surface area (TPSA) is 21.3 Å². The second-order valence-corrected chi connectivity index (χ2v) is 5.89. The van der Waals surface area contributed by atoms with Gasteiger partial charge in [0, 0.05) is 23.8 Å². The summed E-state index contributed by atoms with van der Waals surface area (Å²) in [5.74, 6) is 1.73. The van der Waals surface area contributed by atoms with Crippen molar-refractivity contribution in [2.24, 2.45) is 5.92 Å². The van der Waals surface area contributed by atoms with Crippen molar-refractivity contribution in [2.45, 2.75) is 32.2 Å². The first-order chi connectivity index (χ1) is 8.72. The molecule has 0 aliphatic rings. The Morgan fingerprint density at radius 1 is 1.33 bits per heavy atom. The molecule has 0 amide bonds. The van der Waals surface area contributed by atoms with Crippen molar-refractivity contribution in [3.05, 3.63) is 29.8 Å². The van der Waals surface area contributed by atoms with Crippen LogP contribution in [0.4, 0.5) is 0 Å². The fourth-order valence-electron chi connectivity index (χ4n) is 1.61. The maximum atomic E-state index is 5.34. The van der Waals surface area contributed by atoms with E-state index >= 15 is 0 Å². The lowest BCUT2D eigenvalue weighted by molar-refractivity contribution is 0.164. The highest BCUT2D eigenvalue weighted by Crippen LogP contribution is 2.18. The average Bonchev–Trinajstić information content (AvgIpc) is 2.35. The van der Waals surface area contributed by atoms with Gasteiger partial charge in [-0.3, -0.25) is 0 Å². The fourth-order valence-corrected chi connectivity index (χ4v) is 2.46. The van der Waals surface area contributed by atoms with E-state index in [9.17, 15) is 0 Å². The molecule has 0 bridgehead atoms. The molecule has 1 rings (SSSR count). The number of hydrogen-bond donors (Lipinski definition) is 1. The molecule has 0 aromatic heterocycles. The van der Waals surface area contributed by atoms with Crippen molar-refractivity contribution >= 4 is 11.8 Å². The van der Waals surface area contributed by atoms with E-state index in [-0.39, 0.29) is 0 Å². The Morgan fingerprint density at radius 3 is 2.89 bits per heavy atom. The van der Waals surface area contributed by atoms with Crippen LogP contribution in [0.3, 0.4) is 0 Å². The number of nitrogens with one attached hydrogen (secondary N) is 1. The predicted octanol–water partition coefficient (Wildman–Crippen LogP) is 3.56. The summed E-state index contributed by atoms with van der Waals surface area (Å²) in [6.45, 7) is 10.2. The van der Waals surface area contributed by atoms with E-state index in [0.29, 0.717) is 5.92 Å². The third-order valence-corrected chi connectivity index (χ3v) is 3.44. The molecule has 1 N–H and O–H groups in total. The van der Waals surface area contributed by atoms with Crippen LogP contribution in [0.2, 0.25) is 0 Å². The van der Waals surface area contributed by atoms with Gasteiger partial charge in [0.25, 0.3) is 0 Å². The molecular weight excluding hydrogens is 242 g/mol. The van der Waals surface area contributed by atoms with Gasteiger partial charge in [-0.25, -0.2) is 0 Å². The second kappa shape index (κ2) is 9.42. The minimum absolute atomic E-state index is 0.703. The average molecular weight is 267 g/mol. The van der Waals surface area contributed by atoms with E-state index in [1.807, 2.05) is 18.7 Å². The smallest absolute Gasteiger partial charge is 0.0560 e. The number of thioether (sulfide) groups is 1. The highest BCUT2D eigenvalue weighted by Gasteiger charge is 1.98. The predicted molar refractivity (Wildman–Crippen MR) is 80.2 cm³/mol. The second-order valence-electron chi connectivity index (χ2n) is 4.72. The molecule has 0 fully saturated rings. The quantitative estimate of drug-likeness (QED) is 0.546. The van der Waals surface area contributed by atoms with Gasteiger partial charge in [0.1, 0.15) is 0 Å². The van der Waals surface area contributed by atoms with Crippen LogP contribution in [0.5, 0.6) is 0 Å². The highest BCUT2D eigenvalue weighted by atomic mass is 32.2. The zero-order chi connectivity index (χ0) is 13.2. The molecule has 18 heavy (non-hydrogen) atoms. The van der Waals surface area contributed by atoms with Gasteiger partial charge < -0.3 is 10.1 Å².